The number of aliphatic hydroxyl groups is 1. The Bertz CT molecular complexity index is 307. The van der Waals surface area contributed by atoms with E-state index in [4.69, 9.17) is 4.74 Å². The number of nitrogens with zero attached hydrogens (tertiary/aromatic N) is 2. The summed E-state index contributed by atoms with van der Waals surface area (Å²) < 4.78 is 4.84. The van der Waals surface area contributed by atoms with Crippen LogP contribution in [0.5, 0.6) is 0 Å². The molecule has 0 fully saturated rings. The fourth-order valence-corrected chi connectivity index (χ4v) is 1.36. The van der Waals surface area contributed by atoms with E-state index in [1.165, 1.54) is 0 Å². The quantitative estimate of drug-likeness (QED) is 0.652. The van der Waals surface area contributed by atoms with Gasteiger partial charge in [0, 0.05) is 19.9 Å². The molecular formula is C11H19N3O2. The molecule has 5 nitrogen and oxygen atoms in total. The van der Waals surface area contributed by atoms with Crippen LogP contribution in [0, 0.1) is 6.92 Å². The van der Waals surface area contributed by atoms with Crippen molar-refractivity contribution in [1.82, 2.24) is 15.3 Å². The van der Waals surface area contributed by atoms with E-state index in [-0.39, 0.29) is 0 Å². The van der Waals surface area contributed by atoms with Crippen LogP contribution in [-0.2, 0) is 11.3 Å². The molecule has 0 radical (unpaired) electrons. The molecule has 5 heteroatoms. The first-order valence-corrected chi connectivity index (χ1v) is 5.38. The SMILES string of the molecule is COCC(O)CCNCc1ccnc(C)n1. The third-order valence-corrected chi connectivity index (χ3v) is 2.15. The van der Waals surface area contributed by atoms with Gasteiger partial charge in [0.1, 0.15) is 5.82 Å². The van der Waals surface area contributed by atoms with Crippen molar-refractivity contribution in [3.05, 3.63) is 23.8 Å². The molecule has 1 aromatic rings. The normalized spacial score (nSPS) is 12.7. The van der Waals surface area contributed by atoms with Gasteiger partial charge in [-0.05, 0) is 26.0 Å². The molecule has 0 aliphatic rings. The molecule has 16 heavy (non-hydrogen) atoms. The Morgan fingerprint density at radius 2 is 2.38 bits per heavy atom. The molecule has 0 spiro atoms. The molecule has 1 unspecified atom stereocenters. The van der Waals surface area contributed by atoms with Gasteiger partial charge >= 0.3 is 0 Å². The number of methoxy groups -OCH3 is 1. The van der Waals surface area contributed by atoms with Crippen LogP contribution in [0.3, 0.4) is 0 Å². The first-order valence-electron chi connectivity index (χ1n) is 5.38. The van der Waals surface area contributed by atoms with E-state index in [0.29, 0.717) is 19.6 Å². The summed E-state index contributed by atoms with van der Waals surface area (Å²) in [5, 5.41) is 12.6. The first kappa shape index (κ1) is 13.0. The lowest BCUT2D eigenvalue weighted by Gasteiger charge is -2.09. The highest BCUT2D eigenvalue weighted by molar-refractivity contribution is 5.00. The summed E-state index contributed by atoms with van der Waals surface area (Å²) in [5.41, 5.74) is 0.966. The van der Waals surface area contributed by atoms with Crippen LogP contribution in [0.2, 0.25) is 0 Å². The lowest BCUT2D eigenvalue weighted by atomic mass is 10.2. The van der Waals surface area contributed by atoms with Crippen molar-refractivity contribution >= 4 is 0 Å². The molecular weight excluding hydrogens is 206 g/mol. The van der Waals surface area contributed by atoms with Gasteiger partial charge in [0.15, 0.2) is 0 Å². The molecule has 90 valence electrons. The Morgan fingerprint density at radius 3 is 3.06 bits per heavy atom. The molecule has 1 aromatic heterocycles. The Hall–Kier alpha value is -1.04. The number of aryl methyl sites for hydroxylation is 1. The van der Waals surface area contributed by atoms with Crippen molar-refractivity contribution < 1.29 is 9.84 Å². The van der Waals surface area contributed by atoms with E-state index in [1.807, 2.05) is 13.0 Å². The van der Waals surface area contributed by atoms with Crippen LogP contribution >= 0.6 is 0 Å². The highest BCUT2D eigenvalue weighted by Crippen LogP contribution is 1.95. The van der Waals surface area contributed by atoms with Crippen molar-refractivity contribution in [1.29, 1.82) is 0 Å². The maximum atomic E-state index is 9.40. The summed E-state index contributed by atoms with van der Waals surface area (Å²) in [5.74, 6) is 0.777. The zero-order valence-electron chi connectivity index (χ0n) is 9.81. The lowest BCUT2D eigenvalue weighted by molar-refractivity contribution is 0.0594. The fraction of sp³-hybridized carbons (Fsp3) is 0.636. The number of nitrogens with one attached hydrogen (secondary N) is 1. The van der Waals surface area contributed by atoms with Crippen LogP contribution < -0.4 is 5.32 Å². The third-order valence-electron chi connectivity index (χ3n) is 2.15. The Balaban J connectivity index is 2.16. The number of hydrogen-bond donors (Lipinski definition) is 2. The Morgan fingerprint density at radius 1 is 1.56 bits per heavy atom. The second-order valence-electron chi connectivity index (χ2n) is 3.67. The monoisotopic (exact) mass is 225 g/mol. The molecule has 2 N–H and O–H groups in total. The molecule has 0 saturated heterocycles. The van der Waals surface area contributed by atoms with Crippen LogP contribution in [0.15, 0.2) is 12.3 Å². The molecule has 0 aliphatic carbocycles. The average Bonchev–Trinajstić information content (AvgIpc) is 2.25. The van der Waals surface area contributed by atoms with Gasteiger partial charge in [-0.1, -0.05) is 0 Å². The van der Waals surface area contributed by atoms with Crippen LogP contribution in [0.4, 0.5) is 0 Å². The minimum Gasteiger partial charge on any atom is -0.391 e. The van der Waals surface area contributed by atoms with E-state index in [1.54, 1.807) is 13.3 Å². The number of aliphatic hydroxyl groups excluding tert-OH is 1. The minimum absolute atomic E-state index is 0.383. The van der Waals surface area contributed by atoms with Gasteiger partial charge in [-0.15, -0.1) is 0 Å². The highest BCUT2D eigenvalue weighted by Gasteiger charge is 2.02. The maximum absolute atomic E-state index is 9.40. The third kappa shape index (κ3) is 5.16. The molecule has 1 heterocycles. The summed E-state index contributed by atoms with van der Waals surface area (Å²) in [6.45, 7) is 3.69. The van der Waals surface area contributed by atoms with Crippen LogP contribution in [0.25, 0.3) is 0 Å². The van der Waals surface area contributed by atoms with Crippen molar-refractivity contribution in [2.24, 2.45) is 0 Å². The maximum Gasteiger partial charge on any atom is 0.125 e. The fourth-order valence-electron chi connectivity index (χ4n) is 1.36. The molecule has 0 aromatic carbocycles. The van der Waals surface area contributed by atoms with Gasteiger partial charge in [-0.2, -0.15) is 0 Å². The molecule has 0 amide bonds. The van der Waals surface area contributed by atoms with E-state index in [0.717, 1.165) is 18.1 Å². The van der Waals surface area contributed by atoms with Crippen LogP contribution in [-0.4, -0.2) is 41.4 Å². The smallest absolute Gasteiger partial charge is 0.125 e. The average molecular weight is 225 g/mol. The van der Waals surface area contributed by atoms with Gasteiger partial charge in [0.2, 0.25) is 0 Å². The zero-order valence-corrected chi connectivity index (χ0v) is 9.81. The van der Waals surface area contributed by atoms with Crippen LogP contribution in [0.1, 0.15) is 17.9 Å². The minimum atomic E-state index is -0.398. The summed E-state index contributed by atoms with van der Waals surface area (Å²) >= 11 is 0. The second-order valence-corrected chi connectivity index (χ2v) is 3.67. The first-order chi connectivity index (χ1) is 7.72. The summed E-state index contributed by atoms with van der Waals surface area (Å²) in [7, 11) is 1.58. The molecule has 1 rings (SSSR count). The van der Waals surface area contributed by atoms with Crippen molar-refractivity contribution in [3.63, 3.8) is 0 Å². The molecule has 0 saturated carbocycles. The molecule has 1 atom stereocenters. The van der Waals surface area contributed by atoms with Gasteiger partial charge in [0.05, 0.1) is 18.4 Å². The summed E-state index contributed by atoms with van der Waals surface area (Å²) in [6.07, 6.45) is 2.03. The van der Waals surface area contributed by atoms with E-state index in [2.05, 4.69) is 15.3 Å². The Labute approximate surface area is 95.9 Å². The van der Waals surface area contributed by atoms with Gasteiger partial charge in [-0.25, -0.2) is 9.97 Å². The predicted molar refractivity (Wildman–Crippen MR) is 61.0 cm³/mol. The Kier molecular flexibility index (Phi) is 5.92. The number of rotatable bonds is 7. The standard InChI is InChI=1S/C11H19N3O2/c1-9-13-6-3-10(14-9)7-12-5-4-11(15)8-16-2/h3,6,11-12,15H,4-5,7-8H2,1-2H3. The van der Waals surface area contributed by atoms with E-state index >= 15 is 0 Å². The number of ether oxygens (including phenoxy) is 1. The predicted octanol–water partition coefficient (Wildman–Crippen LogP) is 0.272. The van der Waals surface area contributed by atoms with E-state index < -0.39 is 6.10 Å². The number of hydrogen-bond acceptors (Lipinski definition) is 5. The topological polar surface area (TPSA) is 67.3 Å². The van der Waals surface area contributed by atoms with Gasteiger partial charge < -0.3 is 15.2 Å². The zero-order chi connectivity index (χ0) is 11.8. The summed E-state index contributed by atoms with van der Waals surface area (Å²) in [4.78, 5) is 8.29. The lowest BCUT2D eigenvalue weighted by Crippen LogP contribution is -2.23. The molecule has 0 aliphatic heterocycles. The van der Waals surface area contributed by atoms with Gasteiger partial charge in [-0.3, -0.25) is 0 Å². The van der Waals surface area contributed by atoms with Crippen molar-refractivity contribution in [2.75, 3.05) is 20.3 Å². The summed E-state index contributed by atoms with van der Waals surface area (Å²) in [6, 6.07) is 1.88. The molecule has 0 bridgehead atoms. The van der Waals surface area contributed by atoms with Crippen molar-refractivity contribution in [2.45, 2.75) is 26.0 Å². The largest absolute Gasteiger partial charge is 0.391 e. The highest BCUT2D eigenvalue weighted by atomic mass is 16.5. The number of aromatic nitrogens is 2. The van der Waals surface area contributed by atoms with Crippen molar-refractivity contribution in [3.8, 4) is 0 Å². The van der Waals surface area contributed by atoms with E-state index in [9.17, 15) is 5.11 Å². The second kappa shape index (κ2) is 7.27. The van der Waals surface area contributed by atoms with Gasteiger partial charge in [0.25, 0.3) is 0 Å².